The molecule has 1 unspecified atom stereocenters. The Morgan fingerprint density at radius 3 is 3.00 bits per heavy atom. The van der Waals surface area contributed by atoms with E-state index in [2.05, 4.69) is 15.9 Å². The molecule has 0 aromatic heterocycles. The Labute approximate surface area is 137 Å². The smallest absolute Gasteiger partial charge is 0.257 e. The third-order valence-corrected chi connectivity index (χ3v) is 5.25. The number of rotatable bonds is 2. The normalized spacial score (nSPS) is 22.0. The lowest BCUT2D eigenvalue weighted by Crippen LogP contribution is -2.38. The Balaban J connectivity index is 1.90. The van der Waals surface area contributed by atoms with E-state index in [1.54, 1.807) is 11.0 Å². The van der Waals surface area contributed by atoms with Gasteiger partial charge in [-0.25, -0.2) is 0 Å². The zero-order valence-electron chi connectivity index (χ0n) is 11.8. The van der Waals surface area contributed by atoms with Crippen molar-refractivity contribution in [1.82, 2.24) is 4.90 Å². The molecule has 1 amide bonds. The minimum absolute atomic E-state index is 0.0411. The molecule has 2 aliphatic heterocycles. The molecule has 0 bridgehead atoms. The molecule has 0 spiro atoms. The number of carbonyl (C=O) groups is 1. The van der Waals surface area contributed by atoms with Crippen LogP contribution in [0.15, 0.2) is 10.5 Å². The lowest BCUT2D eigenvalue weighted by Gasteiger charge is -2.23. The Hall–Kier alpha value is -0.780. The maximum absolute atomic E-state index is 12.8. The van der Waals surface area contributed by atoms with E-state index in [0.29, 0.717) is 36.0 Å². The van der Waals surface area contributed by atoms with Crippen LogP contribution < -0.4 is 4.74 Å². The Bertz CT molecular complexity index is 573. The molecular weight excluding hydrogens is 358 g/mol. The zero-order valence-corrected chi connectivity index (χ0v) is 14.2. The fourth-order valence-electron chi connectivity index (χ4n) is 2.73. The van der Waals surface area contributed by atoms with Crippen LogP contribution >= 0.6 is 27.5 Å². The van der Waals surface area contributed by atoms with Crippen molar-refractivity contribution in [2.24, 2.45) is 0 Å². The van der Waals surface area contributed by atoms with Crippen LogP contribution in [0.2, 0.25) is 5.02 Å². The van der Waals surface area contributed by atoms with Crippen LogP contribution in [0.5, 0.6) is 5.75 Å². The average molecular weight is 375 g/mol. The first-order valence-electron chi connectivity index (χ1n) is 7.10. The van der Waals surface area contributed by atoms with Crippen LogP contribution in [0.25, 0.3) is 0 Å². The topological polar surface area (TPSA) is 38.8 Å². The third-order valence-electron chi connectivity index (χ3n) is 3.98. The number of hydrogen-bond acceptors (Lipinski definition) is 3. The summed E-state index contributed by atoms with van der Waals surface area (Å²) >= 11 is 9.77. The maximum atomic E-state index is 12.8. The first kappa shape index (κ1) is 15.1. The second kappa shape index (κ2) is 6.15. The van der Waals surface area contributed by atoms with Crippen molar-refractivity contribution in [2.45, 2.75) is 25.9 Å². The van der Waals surface area contributed by atoms with Gasteiger partial charge in [-0.1, -0.05) is 27.5 Å². The molecule has 0 radical (unpaired) electrons. The minimum atomic E-state index is -0.0411. The predicted molar refractivity (Wildman–Crippen MR) is 84.3 cm³/mol. The summed E-state index contributed by atoms with van der Waals surface area (Å²) in [6, 6.07) is 1.80. The molecule has 1 atom stereocenters. The van der Waals surface area contributed by atoms with Gasteiger partial charge in [-0.15, -0.1) is 0 Å². The highest BCUT2D eigenvalue weighted by atomic mass is 79.9. The summed E-state index contributed by atoms with van der Waals surface area (Å²) in [4.78, 5) is 14.6. The number of halogens is 2. The number of amides is 1. The Morgan fingerprint density at radius 2 is 2.29 bits per heavy atom. The second-order valence-corrected chi connectivity index (χ2v) is 6.64. The highest BCUT2D eigenvalue weighted by molar-refractivity contribution is 9.10. The highest BCUT2D eigenvalue weighted by Crippen LogP contribution is 2.38. The van der Waals surface area contributed by atoms with E-state index in [1.165, 1.54) is 0 Å². The number of nitrogens with zero attached hydrogens (tertiary/aromatic N) is 1. The summed E-state index contributed by atoms with van der Waals surface area (Å²) in [5, 5.41) is 0.506. The van der Waals surface area contributed by atoms with Gasteiger partial charge in [-0.2, -0.15) is 0 Å². The van der Waals surface area contributed by atoms with Crippen molar-refractivity contribution < 1.29 is 14.3 Å². The van der Waals surface area contributed by atoms with Crippen molar-refractivity contribution in [2.75, 3.05) is 26.3 Å². The van der Waals surface area contributed by atoms with Gasteiger partial charge < -0.3 is 14.4 Å². The minimum Gasteiger partial charge on any atom is -0.489 e. The van der Waals surface area contributed by atoms with Gasteiger partial charge >= 0.3 is 0 Å². The number of ether oxygens (including phenoxy) is 2. The summed E-state index contributed by atoms with van der Waals surface area (Å²) in [6.45, 7) is 4.31. The summed E-state index contributed by atoms with van der Waals surface area (Å²) < 4.78 is 12.2. The molecule has 2 heterocycles. The first-order chi connectivity index (χ1) is 10.1. The summed E-state index contributed by atoms with van der Waals surface area (Å²) in [7, 11) is 0. The lowest BCUT2D eigenvalue weighted by atomic mass is 10.1. The van der Waals surface area contributed by atoms with Gasteiger partial charge in [0.15, 0.2) is 5.75 Å². The molecule has 1 fully saturated rings. The molecule has 6 heteroatoms. The number of carbonyl (C=O) groups excluding carboxylic acids is 1. The van der Waals surface area contributed by atoms with Crippen molar-refractivity contribution in [3.8, 4) is 5.75 Å². The fraction of sp³-hybridized carbons (Fsp3) is 0.533. The molecule has 0 N–H and O–H groups in total. The molecule has 114 valence electrons. The van der Waals surface area contributed by atoms with E-state index in [9.17, 15) is 4.79 Å². The van der Waals surface area contributed by atoms with Crippen LogP contribution in [-0.2, 0) is 4.74 Å². The number of benzene rings is 1. The SMILES string of the molecule is Cc1c(Br)cc2c(c1Cl)OCCN(CC1CCCO1)C2=O. The zero-order chi connectivity index (χ0) is 15.0. The molecule has 2 aliphatic rings. The van der Waals surface area contributed by atoms with Crippen LogP contribution in [0.3, 0.4) is 0 Å². The first-order valence-corrected chi connectivity index (χ1v) is 8.27. The van der Waals surface area contributed by atoms with Crippen LogP contribution in [-0.4, -0.2) is 43.2 Å². The quantitative estimate of drug-likeness (QED) is 0.796. The Kier molecular flexibility index (Phi) is 4.43. The molecule has 0 aliphatic carbocycles. The maximum Gasteiger partial charge on any atom is 0.257 e. The summed E-state index contributed by atoms with van der Waals surface area (Å²) in [5.74, 6) is 0.456. The molecule has 4 nitrogen and oxygen atoms in total. The fourth-order valence-corrected chi connectivity index (χ4v) is 3.53. The molecule has 21 heavy (non-hydrogen) atoms. The van der Waals surface area contributed by atoms with Gasteiger partial charge in [0.05, 0.1) is 23.2 Å². The number of hydrogen-bond donors (Lipinski definition) is 0. The van der Waals surface area contributed by atoms with E-state index < -0.39 is 0 Å². The summed E-state index contributed by atoms with van der Waals surface area (Å²) in [5.41, 5.74) is 1.41. The van der Waals surface area contributed by atoms with E-state index in [4.69, 9.17) is 21.1 Å². The van der Waals surface area contributed by atoms with Crippen LogP contribution in [0.1, 0.15) is 28.8 Å². The molecule has 3 rings (SSSR count). The van der Waals surface area contributed by atoms with Crippen molar-refractivity contribution in [3.05, 3.63) is 26.7 Å². The monoisotopic (exact) mass is 373 g/mol. The van der Waals surface area contributed by atoms with Gasteiger partial charge in [-0.05, 0) is 31.4 Å². The van der Waals surface area contributed by atoms with Crippen molar-refractivity contribution >= 4 is 33.4 Å². The molecule has 1 aromatic rings. The predicted octanol–water partition coefficient (Wildman–Crippen LogP) is 3.42. The van der Waals surface area contributed by atoms with Gasteiger partial charge in [0.2, 0.25) is 0 Å². The summed E-state index contributed by atoms with van der Waals surface area (Å²) in [6.07, 6.45) is 2.21. The van der Waals surface area contributed by atoms with Gasteiger partial charge in [-0.3, -0.25) is 4.79 Å². The second-order valence-electron chi connectivity index (χ2n) is 5.41. The molecule has 1 saturated heterocycles. The van der Waals surface area contributed by atoms with E-state index in [0.717, 1.165) is 29.5 Å². The molecule has 1 aromatic carbocycles. The highest BCUT2D eigenvalue weighted by Gasteiger charge is 2.29. The standard InChI is InChI=1S/C15H17BrClNO3/c1-9-12(16)7-11-14(13(9)17)21-6-4-18(15(11)19)8-10-3-2-5-20-10/h7,10H,2-6,8H2,1H3. The Morgan fingerprint density at radius 1 is 1.48 bits per heavy atom. The van der Waals surface area contributed by atoms with Crippen LogP contribution in [0.4, 0.5) is 0 Å². The average Bonchev–Trinajstić information content (AvgIpc) is 2.92. The lowest BCUT2D eigenvalue weighted by molar-refractivity contribution is 0.0519. The number of fused-ring (bicyclic) bond motifs is 1. The van der Waals surface area contributed by atoms with E-state index in [1.807, 2.05) is 6.92 Å². The molecular formula is C15H17BrClNO3. The van der Waals surface area contributed by atoms with Crippen LogP contribution in [0, 0.1) is 6.92 Å². The van der Waals surface area contributed by atoms with Crippen molar-refractivity contribution in [1.29, 1.82) is 0 Å². The van der Waals surface area contributed by atoms with Gasteiger partial charge in [0.25, 0.3) is 5.91 Å². The van der Waals surface area contributed by atoms with E-state index in [-0.39, 0.29) is 12.0 Å². The molecule has 0 saturated carbocycles. The van der Waals surface area contributed by atoms with E-state index >= 15 is 0 Å². The third kappa shape index (κ3) is 2.91. The van der Waals surface area contributed by atoms with Crippen molar-refractivity contribution in [3.63, 3.8) is 0 Å². The van der Waals surface area contributed by atoms with Gasteiger partial charge in [0.1, 0.15) is 6.61 Å². The van der Waals surface area contributed by atoms with Gasteiger partial charge in [0, 0.05) is 17.6 Å². The largest absolute Gasteiger partial charge is 0.489 e.